The second-order valence-electron chi connectivity index (χ2n) is 9.44. The number of rotatable bonds is 11. The van der Waals surface area contributed by atoms with Crippen molar-refractivity contribution in [1.29, 1.82) is 0 Å². The van der Waals surface area contributed by atoms with Gasteiger partial charge in [0.1, 0.15) is 36.1 Å². The lowest BCUT2D eigenvalue weighted by atomic mass is 10.00. The van der Waals surface area contributed by atoms with Crippen molar-refractivity contribution in [3.8, 4) is 11.5 Å². The van der Waals surface area contributed by atoms with Crippen molar-refractivity contribution in [3.63, 3.8) is 0 Å². The summed E-state index contributed by atoms with van der Waals surface area (Å²) < 4.78 is 20.1. The average Bonchev–Trinajstić information content (AvgIpc) is 2.97. The van der Waals surface area contributed by atoms with Gasteiger partial charge >= 0.3 is 0 Å². The molecular formula is C35H40NO3+. The molecule has 202 valence electrons. The molecule has 1 aliphatic heterocycles. The lowest BCUT2D eigenvalue weighted by Gasteiger charge is -2.19. The zero-order chi connectivity index (χ0) is 27.5. The zero-order valence-corrected chi connectivity index (χ0v) is 23.7. The van der Waals surface area contributed by atoms with Crippen LogP contribution in [-0.2, 0) is 4.74 Å². The summed E-state index contributed by atoms with van der Waals surface area (Å²) in [6.45, 7) is 11.9. The number of nitrogens with zero attached hydrogens (tertiary/aromatic N) is 1. The summed E-state index contributed by atoms with van der Waals surface area (Å²) in [7, 11) is 0. The highest BCUT2D eigenvalue weighted by atomic mass is 16.5. The van der Waals surface area contributed by atoms with E-state index in [-0.39, 0.29) is 0 Å². The molecule has 0 fully saturated rings. The van der Waals surface area contributed by atoms with Crippen LogP contribution in [0.1, 0.15) is 51.7 Å². The van der Waals surface area contributed by atoms with Crippen LogP contribution in [0.2, 0.25) is 0 Å². The molecule has 2 aliphatic rings. The van der Waals surface area contributed by atoms with Crippen LogP contribution < -0.4 is 9.47 Å². The SMILES string of the molecule is CCC[N+](CCC)=C1C=CC(=C/C=C2\C=C(c3ccc(OCC)cc3)C=C(c3ccc(OCC)cc3)O2)C=C1. The molecule has 4 nitrogen and oxygen atoms in total. The molecule has 0 atom stereocenters. The van der Waals surface area contributed by atoms with Gasteiger partial charge in [-0.15, -0.1) is 0 Å². The molecule has 4 rings (SSSR count). The van der Waals surface area contributed by atoms with Gasteiger partial charge in [0.25, 0.3) is 0 Å². The summed E-state index contributed by atoms with van der Waals surface area (Å²) in [5, 5.41) is 0. The number of benzene rings is 2. The van der Waals surface area contributed by atoms with E-state index >= 15 is 0 Å². The topological polar surface area (TPSA) is 30.7 Å². The molecule has 1 heterocycles. The maximum absolute atomic E-state index is 6.37. The predicted octanol–water partition coefficient (Wildman–Crippen LogP) is 8.15. The van der Waals surface area contributed by atoms with E-state index < -0.39 is 0 Å². The first-order valence-corrected chi connectivity index (χ1v) is 14.1. The highest BCUT2D eigenvalue weighted by Gasteiger charge is 2.15. The molecule has 1 aliphatic carbocycles. The Bertz CT molecular complexity index is 1310. The van der Waals surface area contributed by atoms with Crippen molar-refractivity contribution in [3.05, 3.63) is 120 Å². The van der Waals surface area contributed by atoms with Crippen molar-refractivity contribution >= 4 is 17.0 Å². The molecule has 2 aromatic rings. The van der Waals surface area contributed by atoms with Gasteiger partial charge in [-0.3, -0.25) is 0 Å². The van der Waals surface area contributed by atoms with Crippen LogP contribution in [0.15, 0.2) is 108 Å². The summed E-state index contributed by atoms with van der Waals surface area (Å²) in [4.78, 5) is 0. The summed E-state index contributed by atoms with van der Waals surface area (Å²) in [5.74, 6) is 3.31. The molecule has 0 N–H and O–H groups in total. The van der Waals surface area contributed by atoms with Crippen LogP contribution in [0.5, 0.6) is 11.5 Å². The minimum Gasteiger partial charge on any atom is -0.494 e. The van der Waals surface area contributed by atoms with Crippen molar-refractivity contribution < 1.29 is 18.8 Å². The predicted molar refractivity (Wildman–Crippen MR) is 162 cm³/mol. The number of hydrogen-bond acceptors (Lipinski definition) is 3. The maximum Gasteiger partial charge on any atom is 0.199 e. The fourth-order valence-electron chi connectivity index (χ4n) is 4.59. The summed E-state index contributed by atoms with van der Waals surface area (Å²) in [6, 6.07) is 16.2. The van der Waals surface area contributed by atoms with Gasteiger partial charge in [-0.1, -0.05) is 32.1 Å². The highest BCUT2D eigenvalue weighted by Crippen LogP contribution is 2.33. The Labute approximate surface area is 233 Å². The van der Waals surface area contributed by atoms with Crippen molar-refractivity contribution in [1.82, 2.24) is 0 Å². The third-order valence-corrected chi connectivity index (χ3v) is 6.45. The van der Waals surface area contributed by atoms with Gasteiger partial charge in [-0.2, -0.15) is 0 Å². The Hall–Kier alpha value is -4.05. The zero-order valence-electron chi connectivity index (χ0n) is 23.7. The molecule has 0 spiro atoms. The Morgan fingerprint density at radius 2 is 1.23 bits per heavy atom. The molecule has 0 unspecified atom stereocenters. The lowest BCUT2D eigenvalue weighted by molar-refractivity contribution is -0.526. The van der Waals surface area contributed by atoms with E-state index in [9.17, 15) is 0 Å². The quantitative estimate of drug-likeness (QED) is 0.279. The molecule has 0 radical (unpaired) electrons. The van der Waals surface area contributed by atoms with Crippen LogP contribution in [0.4, 0.5) is 0 Å². The van der Waals surface area contributed by atoms with Gasteiger partial charge < -0.3 is 14.2 Å². The fourth-order valence-corrected chi connectivity index (χ4v) is 4.59. The van der Waals surface area contributed by atoms with Crippen molar-refractivity contribution in [2.45, 2.75) is 40.5 Å². The Morgan fingerprint density at radius 3 is 1.77 bits per heavy atom. The van der Waals surface area contributed by atoms with Crippen LogP contribution in [0.25, 0.3) is 11.3 Å². The second-order valence-corrected chi connectivity index (χ2v) is 9.44. The smallest absolute Gasteiger partial charge is 0.199 e. The molecular weight excluding hydrogens is 482 g/mol. The van der Waals surface area contributed by atoms with Gasteiger partial charge in [0.2, 0.25) is 0 Å². The fraction of sp³-hybridized carbons (Fsp3) is 0.286. The van der Waals surface area contributed by atoms with E-state index in [1.807, 2.05) is 56.3 Å². The summed E-state index contributed by atoms with van der Waals surface area (Å²) in [6.07, 6.45) is 19.4. The minimum absolute atomic E-state index is 0.641. The van der Waals surface area contributed by atoms with Gasteiger partial charge in [0, 0.05) is 30.6 Å². The number of allylic oxidation sites excluding steroid dienone is 10. The third-order valence-electron chi connectivity index (χ3n) is 6.45. The molecule has 0 saturated heterocycles. The molecule has 0 amide bonds. The normalized spacial score (nSPS) is 15.5. The molecule has 0 aromatic heterocycles. The largest absolute Gasteiger partial charge is 0.494 e. The lowest BCUT2D eigenvalue weighted by Crippen LogP contribution is -2.21. The highest BCUT2D eigenvalue weighted by molar-refractivity contribution is 6.02. The van der Waals surface area contributed by atoms with Crippen LogP contribution in [-0.4, -0.2) is 36.6 Å². The first kappa shape index (κ1) is 28.0. The van der Waals surface area contributed by atoms with E-state index in [4.69, 9.17) is 14.2 Å². The van der Waals surface area contributed by atoms with Crippen molar-refractivity contribution in [2.24, 2.45) is 0 Å². The molecule has 4 heteroatoms. The van der Waals surface area contributed by atoms with Gasteiger partial charge in [0.15, 0.2) is 5.71 Å². The van der Waals surface area contributed by atoms with E-state index in [1.165, 1.54) is 5.71 Å². The second kappa shape index (κ2) is 14.2. The van der Waals surface area contributed by atoms with Crippen LogP contribution in [0, 0.1) is 0 Å². The van der Waals surface area contributed by atoms with Crippen LogP contribution >= 0.6 is 0 Å². The molecule has 0 bridgehead atoms. The van der Waals surface area contributed by atoms with E-state index in [0.29, 0.717) is 13.2 Å². The average molecular weight is 523 g/mol. The van der Waals surface area contributed by atoms with Gasteiger partial charge in [-0.05, 0) is 97.3 Å². The molecule has 0 saturated carbocycles. The van der Waals surface area contributed by atoms with Gasteiger partial charge in [0.05, 0.1) is 13.2 Å². The van der Waals surface area contributed by atoms with E-state index in [2.05, 4.69) is 73.1 Å². The first-order valence-electron chi connectivity index (χ1n) is 14.1. The van der Waals surface area contributed by atoms with Crippen molar-refractivity contribution in [2.75, 3.05) is 26.3 Å². The first-order chi connectivity index (χ1) is 19.1. The Kier molecular flexibility index (Phi) is 10.2. The molecule has 2 aromatic carbocycles. The van der Waals surface area contributed by atoms with Crippen LogP contribution in [0.3, 0.4) is 0 Å². The minimum atomic E-state index is 0.641. The summed E-state index contributed by atoms with van der Waals surface area (Å²) in [5.41, 5.74) is 5.59. The number of ether oxygens (including phenoxy) is 3. The maximum atomic E-state index is 6.37. The third kappa shape index (κ3) is 7.73. The number of hydrogen-bond donors (Lipinski definition) is 0. The standard InChI is InChI=1S/C35H40NO3/c1-5-23-36(24-6-2)31-16-9-27(10-17-31)11-18-34-25-30(28-12-19-32(20-13-28)37-7-3)26-35(39-34)29-14-21-33(22-15-29)38-8-4/h9-22,25-26H,5-8,23-24H2,1-4H3/q+1/b34-18+. The van der Waals surface area contributed by atoms with E-state index in [0.717, 1.165) is 71.2 Å². The monoisotopic (exact) mass is 522 g/mol. The Balaban J connectivity index is 1.63. The van der Waals surface area contributed by atoms with E-state index in [1.54, 1.807) is 0 Å². The molecule has 39 heavy (non-hydrogen) atoms. The van der Waals surface area contributed by atoms with Gasteiger partial charge in [-0.25, -0.2) is 4.58 Å². The Morgan fingerprint density at radius 1 is 0.667 bits per heavy atom. The summed E-state index contributed by atoms with van der Waals surface area (Å²) >= 11 is 0.